The molecule has 28 heavy (non-hydrogen) atoms. The standard InChI is InChI=1S/C21H22ClN3O3/c1-13-8-9-17(14(2)10-13)25-20(27)11-18(21(25)28)24(3)12-19(26)23-16-7-5-4-6-15(16)22/h4-10,18H,11-12H2,1-3H3,(H,23,26)/t18-/m0/s1. The minimum atomic E-state index is -0.676. The predicted octanol–water partition coefficient (Wildman–Crippen LogP) is 3.16. The van der Waals surface area contributed by atoms with Gasteiger partial charge in [-0.2, -0.15) is 0 Å². The monoisotopic (exact) mass is 399 g/mol. The van der Waals surface area contributed by atoms with Crippen LogP contribution >= 0.6 is 11.6 Å². The molecule has 2 aromatic carbocycles. The lowest BCUT2D eigenvalue weighted by Crippen LogP contribution is -2.43. The smallest absolute Gasteiger partial charge is 0.251 e. The summed E-state index contributed by atoms with van der Waals surface area (Å²) >= 11 is 6.05. The molecule has 1 heterocycles. The van der Waals surface area contributed by atoms with Gasteiger partial charge in [0.1, 0.15) is 0 Å². The number of rotatable bonds is 5. The maximum Gasteiger partial charge on any atom is 0.251 e. The summed E-state index contributed by atoms with van der Waals surface area (Å²) in [5, 5.41) is 3.16. The van der Waals surface area contributed by atoms with Crippen LogP contribution in [0.1, 0.15) is 17.5 Å². The van der Waals surface area contributed by atoms with Gasteiger partial charge in [0.15, 0.2) is 0 Å². The van der Waals surface area contributed by atoms with Crippen LogP contribution in [-0.4, -0.2) is 42.3 Å². The van der Waals surface area contributed by atoms with E-state index in [1.54, 1.807) is 42.3 Å². The largest absolute Gasteiger partial charge is 0.324 e. The van der Waals surface area contributed by atoms with Crippen molar-refractivity contribution in [3.05, 3.63) is 58.6 Å². The molecule has 2 aromatic rings. The Kier molecular flexibility index (Phi) is 5.82. The molecule has 1 atom stereocenters. The molecule has 3 amide bonds. The molecule has 0 unspecified atom stereocenters. The first-order valence-electron chi connectivity index (χ1n) is 8.96. The number of imide groups is 1. The summed E-state index contributed by atoms with van der Waals surface area (Å²) in [6.45, 7) is 3.80. The zero-order chi connectivity index (χ0) is 20.4. The molecule has 6 nitrogen and oxygen atoms in total. The van der Waals surface area contributed by atoms with Crippen molar-refractivity contribution in [1.82, 2.24) is 4.90 Å². The molecule has 1 aliphatic rings. The molecule has 1 fully saturated rings. The van der Waals surface area contributed by atoms with Crippen molar-refractivity contribution in [2.45, 2.75) is 26.3 Å². The number of hydrogen-bond acceptors (Lipinski definition) is 4. The highest BCUT2D eigenvalue weighted by molar-refractivity contribution is 6.33. The van der Waals surface area contributed by atoms with Crippen LogP contribution in [-0.2, 0) is 14.4 Å². The predicted molar refractivity (Wildman–Crippen MR) is 110 cm³/mol. The van der Waals surface area contributed by atoms with Crippen molar-refractivity contribution in [3.8, 4) is 0 Å². The Balaban J connectivity index is 1.70. The fourth-order valence-electron chi connectivity index (χ4n) is 3.36. The quantitative estimate of drug-likeness (QED) is 0.784. The summed E-state index contributed by atoms with van der Waals surface area (Å²) in [5.74, 6) is -0.883. The van der Waals surface area contributed by atoms with Crippen molar-refractivity contribution >= 4 is 40.7 Å². The van der Waals surface area contributed by atoms with E-state index in [1.165, 1.54) is 4.90 Å². The highest BCUT2D eigenvalue weighted by Crippen LogP contribution is 2.28. The Hall–Kier alpha value is -2.70. The maximum atomic E-state index is 12.9. The van der Waals surface area contributed by atoms with Crippen LogP contribution in [0.4, 0.5) is 11.4 Å². The average Bonchev–Trinajstić information content (AvgIpc) is 2.92. The molecule has 0 radical (unpaired) electrons. The van der Waals surface area contributed by atoms with Crippen LogP contribution in [0.25, 0.3) is 0 Å². The van der Waals surface area contributed by atoms with E-state index in [2.05, 4.69) is 5.32 Å². The molecular formula is C21H22ClN3O3. The number of carbonyl (C=O) groups excluding carboxylic acids is 3. The number of hydrogen-bond donors (Lipinski definition) is 1. The number of para-hydroxylation sites is 1. The summed E-state index contributed by atoms with van der Waals surface area (Å²) in [5.41, 5.74) is 3.03. The van der Waals surface area contributed by atoms with Crippen LogP contribution < -0.4 is 10.2 Å². The molecule has 1 saturated heterocycles. The number of aryl methyl sites for hydroxylation is 2. The van der Waals surface area contributed by atoms with Crippen LogP contribution in [0.2, 0.25) is 5.02 Å². The molecule has 0 saturated carbocycles. The van der Waals surface area contributed by atoms with Crippen molar-refractivity contribution < 1.29 is 14.4 Å². The number of benzene rings is 2. The van der Waals surface area contributed by atoms with E-state index >= 15 is 0 Å². The van der Waals surface area contributed by atoms with Gasteiger partial charge in [0.25, 0.3) is 5.91 Å². The lowest BCUT2D eigenvalue weighted by molar-refractivity contribution is -0.123. The Morgan fingerprint density at radius 3 is 2.61 bits per heavy atom. The van der Waals surface area contributed by atoms with Crippen LogP contribution in [0.15, 0.2) is 42.5 Å². The van der Waals surface area contributed by atoms with E-state index in [-0.39, 0.29) is 30.7 Å². The van der Waals surface area contributed by atoms with E-state index in [0.717, 1.165) is 11.1 Å². The zero-order valence-electron chi connectivity index (χ0n) is 16.0. The third-order valence-electron chi connectivity index (χ3n) is 4.79. The molecule has 0 aromatic heterocycles. The van der Waals surface area contributed by atoms with Crippen LogP contribution in [0.3, 0.4) is 0 Å². The molecule has 0 spiro atoms. The zero-order valence-corrected chi connectivity index (χ0v) is 16.8. The summed E-state index contributed by atoms with van der Waals surface area (Å²) in [6.07, 6.45) is 0.0437. The van der Waals surface area contributed by atoms with Gasteiger partial charge in [-0.3, -0.25) is 19.3 Å². The molecule has 3 rings (SSSR count). The van der Waals surface area contributed by atoms with E-state index in [4.69, 9.17) is 11.6 Å². The van der Waals surface area contributed by atoms with Crippen molar-refractivity contribution in [2.75, 3.05) is 23.8 Å². The number of anilines is 2. The summed E-state index contributed by atoms with van der Waals surface area (Å²) in [4.78, 5) is 40.6. The minimum Gasteiger partial charge on any atom is -0.324 e. The normalized spacial score (nSPS) is 16.8. The molecule has 1 N–H and O–H groups in total. The van der Waals surface area contributed by atoms with Crippen LogP contribution in [0.5, 0.6) is 0 Å². The lowest BCUT2D eigenvalue weighted by atomic mass is 10.1. The second-order valence-electron chi connectivity index (χ2n) is 7.02. The second kappa shape index (κ2) is 8.12. The summed E-state index contributed by atoms with van der Waals surface area (Å²) in [6, 6.07) is 11.8. The number of nitrogens with zero attached hydrogens (tertiary/aromatic N) is 2. The van der Waals surface area contributed by atoms with E-state index in [0.29, 0.717) is 16.4 Å². The lowest BCUT2D eigenvalue weighted by Gasteiger charge is -2.23. The highest BCUT2D eigenvalue weighted by atomic mass is 35.5. The van der Waals surface area contributed by atoms with Crippen LogP contribution in [0, 0.1) is 13.8 Å². The number of halogens is 1. The van der Waals surface area contributed by atoms with Gasteiger partial charge in [0, 0.05) is 0 Å². The van der Waals surface area contributed by atoms with Gasteiger partial charge in [-0.1, -0.05) is 41.4 Å². The van der Waals surface area contributed by atoms with E-state index in [1.807, 2.05) is 26.0 Å². The molecule has 0 aliphatic carbocycles. The number of carbonyl (C=O) groups is 3. The fraction of sp³-hybridized carbons (Fsp3) is 0.286. The van der Waals surface area contributed by atoms with Crippen molar-refractivity contribution in [1.29, 1.82) is 0 Å². The molecular weight excluding hydrogens is 378 g/mol. The van der Waals surface area contributed by atoms with Gasteiger partial charge in [-0.15, -0.1) is 0 Å². The second-order valence-corrected chi connectivity index (χ2v) is 7.43. The number of nitrogens with one attached hydrogen (secondary N) is 1. The van der Waals surface area contributed by atoms with E-state index in [9.17, 15) is 14.4 Å². The Morgan fingerprint density at radius 1 is 1.21 bits per heavy atom. The Labute approximate surface area is 169 Å². The summed E-state index contributed by atoms with van der Waals surface area (Å²) in [7, 11) is 1.66. The summed E-state index contributed by atoms with van der Waals surface area (Å²) < 4.78 is 0. The first-order chi connectivity index (χ1) is 13.3. The van der Waals surface area contributed by atoms with Gasteiger partial charge < -0.3 is 5.32 Å². The molecule has 7 heteroatoms. The first-order valence-corrected chi connectivity index (χ1v) is 9.34. The molecule has 1 aliphatic heterocycles. The fourth-order valence-corrected chi connectivity index (χ4v) is 3.54. The van der Waals surface area contributed by atoms with Gasteiger partial charge in [0.2, 0.25) is 11.8 Å². The molecule has 0 bridgehead atoms. The van der Waals surface area contributed by atoms with Crippen molar-refractivity contribution in [3.63, 3.8) is 0 Å². The third kappa shape index (κ3) is 4.08. The van der Waals surface area contributed by atoms with E-state index < -0.39 is 6.04 Å². The number of amides is 3. The van der Waals surface area contributed by atoms with Gasteiger partial charge >= 0.3 is 0 Å². The maximum absolute atomic E-state index is 12.9. The third-order valence-corrected chi connectivity index (χ3v) is 5.12. The van der Waals surface area contributed by atoms with Crippen molar-refractivity contribution in [2.24, 2.45) is 0 Å². The Bertz CT molecular complexity index is 944. The van der Waals surface area contributed by atoms with Gasteiger partial charge in [0.05, 0.1) is 35.4 Å². The number of likely N-dealkylation sites (N-methyl/N-ethyl adjacent to an activating group) is 1. The average molecular weight is 400 g/mol. The van der Waals surface area contributed by atoms with Gasteiger partial charge in [-0.25, -0.2) is 4.90 Å². The molecule has 146 valence electrons. The highest BCUT2D eigenvalue weighted by Gasteiger charge is 2.42. The van der Waals surface area contributed by atoms with Gasteiger partial charge in [-0.05, 0) is 44.7 Å². The first kappa shape index (κ1) is 20.0. The topological polar surface area (TPSA) is 69.7 Å². The SMILES string of the molecule is Cc1ccc(N2C(=O)C[C@H](N(C)CC(=O)Nc3ccccc3Cl)C2=O)c(C)c1. The minimum absolute atomic E-state index is 0.0321. The Morgan fingerprint density at radius 2 is 1.93 bits per heavy atom.